The van der Waals surface area contributed by atoms with Crippen molar-refractivity contribution in [3.63, 3.8) is 0 Å². The van der Waals surface area contributed by atoms with Gasteiger partial charge in [-0.25, -0.2) is 0 Å². The Labute approximate surface area is 121 Å². The molecule has 1 N–H and O–H groups in total. The summed E-state index contributed by atoms with van der Waals surface area (Å²) in [5.41, 5.74) is 2.02. The van der Waals surface area contributed by atoms with Gasteiger partial charge in [-0.2, -0.15) is 5.26 Å². The number of hydrogen-bond acceptors (Lipinski definition) is 3. The highest BCUT2D eigenvalue weighted by molar-refractivity contribution is 9.10. The zero-order valence-electron chi connectivity index (χ0n) is 10.8. The summed E-state index contributed by atoms with van der Waals surface area (Å²) in [4.78, 5) is 14.2. The van der Waals surface area contributed by atoms with E-state index in [4.69, 9.17) is 5.26 Å². The van der Waals surface area contributed by atoms with E-state index in [0.29, 0.717) is 6.54 Å². The molecule has 4 nitrogen and oxygen atoms in total. The molecule has 0 saturated carbocycles. The van der Waals surface area contributed by atoms with E-state index in [1.54, 1.807) is 4.90 Å². The molecule has 2 rings (SSSR count). The molecule has 5 heteroatoms. The minimum Gasteiger partial charge on any atom is -0.310 e. The first-order valence-electron chi connectivity index (χ1n) is 6.31. The van der Waals surface area contributed by atoms with Crippen LogP contribution in [0, 0.1) is 18.3 Å². The van der Waals surface area contributed by atoms with E-state index in [0.717, 1.165) is 28.7 Å². The summed E-state index contributed by atoms with van der Waals surface area (Å²) in [6.45, 7) is 3.45. The van der Waals surface area contributed by atoms with Gasteiger partial charge < -0.3 is 10.2 Å². The summed E-state index contributed by atoms with van der Waals surface area (Å²) in [5.74, 6) is -0.0244. The molecule has 1 aromatic carbocycles. The van der Waals surface area contributed by atoms with Crippen LogP contribution in [0.4, 0.5) is 5.69 Å². The Morgan fingerprint density at radius 3 is 3.05 bits per heavy atom. The van der Waals surface area contributed by atoms with Crippen LogP contribution in [0.15, 0.2) is 22.7 Å². The molecule has 0 aliphatic carbocycles. The number of hydrogen-bond donors (Lipinski definition) is 1. The van der Waals surface area contributed by atoms with E-state index >= 15 is 0 Å². The molecule has 1 saturated heterocycles. The van der Waals surface area contributed by atoms with Gasteiger partial charge in [0.05, 0.1) is 18.2 Å². The molecule has 100 valence electrons. The van der Waals surface area contributed by atoms with Crippen molar-refractivity contribution in [2.45, 2.75) is 25.8 Å². The maximum Gasteiger partial charge on any atom is 0.245 e. The zero-order valence-corrected chi connectivity index (χ0v) is 12.4. The average molecular weight is 322 g/mol. The fourth-order valence-electron chi connectivity index (χ4n) is 2.22. The lowest BCUT2D eigenvalue weighted by molar-refractivity contribution is -0.120. The summed E-state index contributed by atoms with van der Waals surface area (Å²) >= 11 is 3.52. The maximum absolute atomic E-state index is 12.5. The zero-order chi connectivity index (χ0) is 13.8. The van der Waals surface area contributed by atoms with Gasteiger partial charge in [0.15, 0.2) is 0 Å². The molecule has 1 aromatic rings. The normalized spacial score (nSPS) is 19.9. The van der Waals surface area contributed by atoms with Crippen molar-refractivity contribution in [2.24, 2.45) is 0 Å². The quantitative estimate of drug-likeness (QED) is 0.909. The number of anilines is 1. The first-order chi connectivity index (χ1) is 9.13. The minimum atomic E-state index is -0.402. The number of nitrogens with zero attached hydrogens (tertiary/aromatic N) is 2. The molecule has 0 bridgehead atoms. The number of nitrogens with one attached hydrogen (secondary N) is 1. The van der Waals surface area contributed by atoms with Crippen LogP contribution in [0.5, 0.6) is 0 Å². The second kappa shape index (κ2) is 6.18. The largest absolute Gasteiger partial charge is 0.310 e. The van der Waals surface area contributed by atoms with Crippen molar-refractivity contribution in [1.82, 2.24) is 5.32 Å². The van der Waals surface area contributed by atoms with E-state index in [1.165, 1.54) is 0 Å². The molecule has 0 spiro atoms. The fourth-order valence-corrected chi connectivity index (χ4v) is 2.93. The Morgan fingerprint density at radius 2 is 2.37 bits per heavy atom. The van der Waals surface area contributed by atoms with E-state index in [1.807, 2.05) is 25.1 Å². The Hall–Kier alpha value is -1.38. The van der Waals surface area contributed by atoms with Crippen LogP contribution >= 0.6 is 15.9 Å². The molecule has 0 radical (unpaired) electrons. The van der Waals surface area contributed by atoms with Crippen molar-refractivity contribution < 1.29 is 4.79 Å². The van der Waals surface area contributed by atoms with Crippen LogP contribution in [0.25, 0.3) is 0 Å². The highest BCUT2D eigenvalue weighted by atomic mass is 79.9. The Morgan fingerprint density at radius 1 is 1.58 bits per heavy atom. The highest BCUT2D eigenvalue weighted by Crippen LogP contribution is 2.28. The van der Waals surface area contributed by atoms with Gasteiger partial charge in [0.1, 0.15) is 6.04 Å². The van der Waals surface area contributed by atoms with Gasteiger partial charge in [0.2, 0.25) is 5.91 Å². The molecule has 0 aromatic heterocycles. The number of amides is 1. The van der Waals surface area contributed by atoms with Crippen LogP contribution in [0.3, 0.4) is 0 Å². The lowest BCUT2D eigenvalue weighted by Crippen LogP contribution is -2.43. The van der Waals surface area contributed by atoms with Crippen LogP contribution in [-0.4, -0.2) is 25.0 Å². The standard InChI is InChI=1S/C14H16BrN3O/c1-10-3-4-13(11(15)9-10)18-8-2-7-17-12(5-6-16)14(18)19/h3-4,9,12,17H,2,5,7-8H2,1H3. The predicted octanol–water partition coefficient (Wildman–Crippen LogP) is 2.37. The third kappa shape index (κ3) is 3.14. The lowest BCUT2D eigenvalue weighted by atomic mass is 10.1. The van der Waals surface area contributed by atoms with E-state index < -0.39 is 6.04 Å². The molecule has 1 aliphatic rings. The molecular weight excluding hydrogens is 306 g/mol. The van der Waals surface area contributed by atoms with Crippen molar-refractivity contribution >= 4 is 27.5 Å². The van der Waals surface area contributed by atoms with E-state index in [9.17, 15) is 4.79 Å². The van der Waals surface area contributed by atoms with Crippen molar-refractivity contribution in [2.75, 3.05) is 18.0 Å². The monoisotopic (exact) mass is 321 g/mol. The number of carbonyl (C=O) groups is 1. The number of rotatable bonds is 2. The SMILES string of the molecule is Cc1ccc(N2CCCNC(CC#N)C2=O)c(Br)c1. The molecule has 1 unspecified atom stereocenters. The molecular formula is C14H16BrN3O. The lowest BCUT2D eigenvalue weighted by Gasteiger charge is -2.24. The number of carbonyl (C=O) groups excluding carboxylic acids is 1. The second-order valence-electron chi connectivity index (χ2n) is 4.67. The average Bonchev–Trinajstić information content (AvgIpc) is 2.54. The maximum atomic E-state index is 12.5. The van der Waals surface area contributed by atoms with Gasteiger partial charge in [-0.15, -0.1) is 0 Å². The first-order valence-corrected chi connectivity index (χ1v) is 7.10. The molecule has 19 heavy (non-hydrogen) atoms. The van der Waals surface area contributed by atoms with Gasteiger partial charge in [0.25, 0.3) is 0 Å². The molecule has 1 aliphatic heterocycles. The Kier molecular flexibility index (Phi) is 4.56. The van der Waals surface area contributed by atoms with Crippen molar-refractivity contribution in [1.29, 1.82) is 5.26 Å². The van der Waals surface area contributed by atoms with Gasteiger partial charge in [-0.05, 0) is 53.5 Å². The molecule has 1 fully saturated rings. The van der Waals surface area contributed by atoms with Crippen LogP contribution in [-0.2, 0) is 4.79 Å². The highest BCUT2D eigenvalue weighted by Gasteiger charge is 2.28. The third-order valence-corrected chi connectivity index (χ3v) is 3.84. The van der Waals surface area contributed by atoms with Gasteiger partial charge in [-0.3, -0.25) is 4.79 Å². The molecule has 1 amide bonds. The number of nitriles is 1. The summed E-state index contributed by atoms with van der Waals surface area (Å²) in [7, 11) is 0. The van der Waals surface area contributed by atoms with E-state index in [2.05, 4.69) is 27.3 Å². The van der Waals surface area contributed by atoms with Crippen molar-refractivity contribution in [3.8, 4) is 6.07 Å². The second-order valence-corrected chi connectivity index (χ2v) is 5.52. The summed E-state index contributed by atoms with van der Waals surface area (Å²) in [5, 5.41) is 11.9. The van der Waals surface area contributed by atoms with Crippen molar-refractivity contribution in [3.05, 3.63) is 28.2 Å². The summed E-state index contributed by atoms with van der Waals surface area (Å²) in [6, 6.07) is 7.61. The van der Waals surface area contributed by atoms with Crippen LogP contribution < -0.4 is 10.2 Å². The Bertz CT molecular complexity index is 524. The number of benzene rings is 1. The summed E-state index contributed by atoms with van der Waals surface area (Å²) < 4.78 is 0.915. The molecule has 1 atom stereocenters. The smallest absolute Gasteiger partial charge is 0.245 e. The third-order valence-electron chi connectivity index (χ3n) is 3.20. The van der Waals surface area contributed by atoms with Gasteiger partial charge >= 0.3 is 0 Å². The first kappa shape index (κ1) is 14.0. The minimum absolute atomic E-state index is 0.0244. The van der Waals surface area contributed by atoms with E-state index in [-0.39, 0.29) is 12.3 Å². The van der Waals surface area contributed by atoms with Crippen LogP contribution in [0.1, 0.15) is 18.4 Å². The molecule has 1 heterocycles. The summed E-state index contributed by atoms with van der Waals surface area (Å²) in [6.07, 6.45) is 1.09. The topological polar surface area (TPSA) is 56.1 Å². The van der Waals surface area contributed by atoms with Crippen LogP contribution in [0.2, 0.25) is 0 Å². The van der Waals surface area contributed by atoms with Gasteiger partial charge in [0, 0.05) is 11.0 Å². The predicted molar refractivity (Wildman–Crippen MR) is 77.9 cm³/mol. The number of aryl methyl sites for hydroxylation is 1. The van der Waals surface area contributed by atoms with Gasteiger partial charge in [-0.1, -0.05) is 6.07 Å². The number of halogens is 1. The Balaban J connectivity index is 2.31. The fraction of sp³-hybridized carbons (Fsp3) is 0.429.